The first kappa shape index (κ1) is 15.3. The molecule has 2 rings (SSSR count). The van der Waals surface area contributed by atoms with Gasteiger partial charge in [0.05, 0.1) is 6.10 Å². The number of anilines is 1. The second kappa shape index (κ2) is 7.60. The van der Waals surface area contributed by atoms with Crippen molar-refractivity contribution in [2.45, 2.75) is 32.8 Å². The van der Waals surface area contributed by atoms with E-state index in [4.69, 9.17) is 17.0 Å². The van der Waals surface area contributed by atoms with Crippen molar-refractivity contribution in [2.75, 3.05) is 31.1 Å². The number of hydrogen-bond acceptors (Lipinski definition) is 3. The summed E-state index contributed by atoms with van der Waals surface area (Å²) in [4.78, 5) is 3.14. The molecule has 1 fully saturated rings. The van der Waals surface area contributed by atoms with Crippen molar-refractivity contribution in [1.29, 1.82) is 0 Å². The van der Waals surface area contributed by atoms with Crippen molar-refractivity contribution in [3.8, 4) is 0 Å². The summed E-state index contributed by atoms with van der Waals surface area (Å²) in [6.45, 7) is 8.10. The zero-order chi connectivity index (χ0) is 14.4. The lowest BCUT2D eigenvalue weighted by molar-refractivity contribution is 0.114. The quantitative estimate of drug-likeness (QED) is 0.815. The Hall–Kier alpha value is -1.13. The van der Waals surface area contributed by atoms with Crippen LogP contribution in [0.1, 0.15) is 32.3 Å². The lowest BCUT2D eigenvalue weighted by Crippen LogP contribution is -2.31. The third kappa shape index (κ3) is 3.93. The molecule has 0 radical (unpaired) electrons. The molecule has 0 amide bonds. The van der Waals surface area contributed by atoms with Gasteiger partial charge in [0.15, 0.2) is 0 Å². The van der Waals surface area contributed by atoms with Gasteiger partial charge in [-0.2, -0.15) is 0 Å². The summed E-state index contributed by atoms with van der Waals surface area (Å²) >= 11 is 5.44. The van der Waals surface area contributed by atoms with E-state index in [-0.39, 0.29) is 0 Å². The van der Waals surface area contributed by atoms with E-state index in [9.17, 15) is 0 Å². The van der Waals surface area contributed by atoms with E-state index < -0.39 is 0 Å². The van der Waals surface area contributed by atoms with Gasteiger partial charge in [0.1, 0.15) is 4.99 Å². The Morgan fingerprint density at radius 2 is 2.00 bits per heavy atom. The van der Waals surface area contributed by atoms with Crippen LogP contribution in [0.15, 0.2) is 24.3 Å². The highest BCUT2D eigenvalue weighted by molar-refractivity contribution is 7.80. The fourth-order valence-electron chi connectivity index (χ4n) is 2.53. The molecule has 0 spiro atoms. The van der Waals surface area contributed by atoms with Gasteiger partial charge in [-0.3, -0.25) is 0 Å². The molecular weight excluding hydrogens is 268 g/mol. The maximum atomic E-state index is 5.59. The fraction of sp³-hybridized carbons (Fsp3) is 0.562. The van der Waals surface area contributed by atoms with Gasteiger partial charge in [-0.1, -0.05) is 12.2 Å². The number of hydrogen-bond donors (Lipinski definition) is 1. The fourth-order valence-corrected chi connectivity index (χ4v) is 2.75. The summed E-state index contributed by atoms with van der Waals surface area (Å²) in [7, 11) is 0. The minimum Gasteiger partial charge on any atom is -0.376 e. The van der Waals surface area contributed by atoms with Crippen LogP contribution in [0.2, 0.25) is 0 Å². The zero-order valence-electron chi connectivity index (χ0n) is 12.4. The van der Waals surface area contributed by atoms with Crippen molar-refractivity contribution in [3.63, 3.8) is 0 Å². The molecule has 4 heteroatoms. The van der Waals surface area contributed by atoms with Gasteiger partial charge < -0.3 is 15.0 Å². The zero-order valence-corrected chi connectivity index (χ0v) is 13.2. The van der Waals surface area contributed by atoms with E-state index in [0.29, 0.717) is 6.10 Å². The highest BCUT2D eigenvalue weighted by Gasteiger charge is 2.15. The van der Waals surface area contributed by atoms with Gasteiger partial charge in [0.2, 0.25) is 0 Å². The van der Waals surface area contributed by atoms with Crippen LogP contribution < -0.4 is 10.2 Å². The minimum absolute atomic E-state index is 0.322. The molecular formula is C16H24N2OS. The van der Waals surface area contributed by atoms with Crippen LogP contribution in [0.4, 0.5) is 5.69 Å². The van der Waals surface area contributed by atoms with Crippen LogP contribution in [0, 0.1) is 0 Å². The van der Waals surface area contributed by atoms with Gasteiger partial charge in [-0.05, 0) is 51.0 Å². The molecule has 1 saturated heterocycles. The highest BCUT2D eigenvalue weighted by Crippen LogP contribution is 2.15. The first-order valence-corrected chi connectivity index (χ1v) is 7.90. The summed E-state index contributed by atoms with van der Waals surface area (Å²) in [5.41, 5.74) is 2.33. The summed E-state index contributed by atoms with van der Waals surface area (Å²) in [6.07, 6.45) is 2.62. The second-order valence-electron chi connectivity index (χ2n) is 5.06. The first-order chi connectivity index (χ1) is 9.74. The Bertz CT molecular complexity index is 423. The van der Waals surface area contributed by atoms with Crippen LogP contribution in [0.3, 0.4) is 0 Å². The summed E-state index contributed by atoms with van der Waals surface area (Å²) in [5, 5.41) is 3.31. The van der Waals surface area contributed by atoms with Crippen molar-refractivity contribution < 1.29 is 4.74 Å². The molecule has 0 unspecified atom stereocenters. The molecule has 1 aromatic carbocycles. The van der Waals surface area contributed by atoms with Crippen molar-refractivity contribution in [1.82, 2.24) is 5.32 Å². The van der Waals surface area contributed by atoms with Crippen LogP contribution in [-0.4, -0.2) is 37.3 Å². The third-order valence-electron chi connectivity index (χ3n) is 3.77. The average Bonchev–Trinajstić information content (AvgIpc) is 3.00. The number of nitrogens with zero attached hydrogens (tertiary/aromatic N) is 1. The topological polar surface area (TPSA) is 24.5 Å². The van der Waals surface area contributed by atoms with Crippen LogP contribution in [0.25, 0.3) is 0 Å². The smallest absolute Gasteiger partial charge is 0.106 e. The SMILES string of the molecule is CCN(CC)c1ccc(C(=S)NC[C@H]2CCCO2)cc1. The van der Waals surface area contributed by atoms with Gasteiger partial charge in [0, 0.05) is 37.5 Å². The van der Waals surface area contributed by atoms with E-state index >= 15 is 0 Å². The van der Waals surface area contributed by atoms with E-state index in [0.717, 1.165) is 49.6 Å². The molecule has 1 aliphatic heterocycles. The van der Waals surface area contributed by atoms with Crippen LogP contribution in [0.5, 0.6) is 0 Å². The van der Waals surface area contributed by atoms with Gasteiger partial charge in [0.25, 0.3) is 0 Å². The van der Waals surface area contributed by atoms with E-state index in [1.54, 1.807) is 0 Å². The number of rotatable bonds is 6. The molecule has 1 atom stereocenters. The molecule has 1 N–H and O–H groups in total. The predicted molar refractivity (Wildman–Crippen MR) is 88.7 cm³/mol. The van der Waals surface area contributed by atoms with E-state index in [1.165, 1.54) is 5.69 Å². The van der Waals surface area contributed by atoms with Crippen LogP contribution >= 0.6 is 12.2 Å². The maximum absolute atomic E-state index is 5.59. The van der Waals surface area contributed by atoms with Crippen LogP contribution in [-0.2, 0) is 4.74 Å². The molecule has 0 aliphatic carbocycles. The predicted octanol–water partition coefficient (Wildman–Crippen LogP) is 2.98. The second-order valence-corrected chi connectivity index (χ2v) is 5.47. The summed E-state index contributed by atoms with van der Waals surface area (Å²) in [6, 6.07) is 8.47. The Morgan fingerprint density at radius 3 is 2.55 bits per heavy atom. The molecule has 0 saturated carbocycles. The van der Waals surface area contributed by atoms with E-state index in [1.807, 2.05) is 0 Å². The normalized spacial score (nSPS) is 18.0. The lowest BCUT2D eigenvalue weighted by Gasteiger charge is -2.21. The molecule has 3 nitrogen and oxygen atoms in total. The lowest BCUT2D eigenvalue weighted by atomic mass is 10.2. The van der Waals surface area contributed by atoms with Gasteiger partial charge in [-0.15, -0.1) is 0 Å². The number of thiocarbonyl (C=S) groups is 1. The molecule has 110 valence electrons. The Morgan fingerprint density at radius 1 is 1.30 bits per heavy atom. The van der Waals surface area contributed by atoms with Gasteiger partial charge in [-0.25, -0.2) is 0 Å². The van der Waals surface area contributed by atoms with Crippen molar-refractivity contribution in [3.05, 3.63) is 29.8 Å². The molecule has 0 bridgehead atoms. The van der Waals surface area contributed by atoms with E-state index in [2.05, 4.69) is 48.3 Å². The largest absolute Gasteiger partial charge is 0.376 e. The molecule has 1 heterocycles. The molecule has 0 aromatic heterocycles. The summed E-state index contributed by atoms with van der Waals surface area (Å²) in [5.74, 6) is 0. The number of ether oxygens (including phenoxy) is 1. The molecule has 1 aromatic rings. The van der Waals surface area contributed by atoms with Crippen molar-refractivity contribution >= 4 is 22.9 Å². The minimum atomic E-state index is 0.322. The third-order valence-corrected chi connectivity index (χ3v) is 4.15. The number of nitrogens with one attached hydrogen (secondary N) is 1. The number of benzene rings is 1. The molecule has 20 heavy (non-hydrogen) atoms. The average molecular weight is 292 g/mol. The van der Waals surface area contributed by atoms with Crippen molar-refractivity contribution in [2.24, 2.45) is 0 Å². The highest BCUT2D eigenvalue weighted by atomic mass is 32.1. The Kier molecular flexibility index (Phi) is 5.80. The molecule has 1 aliphatic rings. The summed E-state index contributed by atoms with van der Waals surface area (Å²) < 4.78 is 5.59. The monoisotopic (exact) mass is 292 g/mol. The maximum Gasteiger partial charge on any atom is 0.106 e. The van der Waals surface area contributed by atoms with Gasteiger partial charge >= 0.3 is 0 Å². The Balaban J connectivity index is 1.89. The Labute approximate surface area is 127 Å². The standard InChI is InChI=1S/C16H24N2OS/c1-3-18(4-2)14-9-7-13(8-10-14)16(20)17-12-15-6-5-11-19-15/h7-10,15H,3-6,11-12H2,1-2H3,(H,17,20)/t15-/m1/s1. The first-order valence-electron chi connectivity index (χ1n) is 7.49.